The molecule has 19 heavy (non-hydrogen) atoms. The van der Waals surface area contributed by atoms with Crippen LogP contribution >= 0.6 is 11.3 Å². The van der Waals surface area contributed by atoms with Crippen molar-refractivity contribution in [2.45, 2.75) is 12.8 Å². The summed E-state index contributed by atoms with van der Waals surface area (Å²) in [7, 11) is 1.41. The Labute approximate surface area is 114 Å². The van der Waals surface area contributed by atoms with Crippen molar-refractivity contribution in [1.29, 1.82) is 0 Å². The minimum absolute atomic E-state index is 0.191. The normalized spacial score (nSPS) is 11.0. The van der Waals surface area contributed by atoms with E-state index in [2.05, 4.69) is 34.0 Å². The van der Waals surface area contributed by atoms with Gasteiger partial charge in [-0.1, -0.05) is 30.3 Å². The molecule has 3 aromatic rings. The summed E-state index contributed by atoms with van der Waals surface area (Å²) in [6.07, 6.45) is 1.02. The molecule has 0 unspecified atom stereocenters. The third kappa shape index (κ3) is 2.31. The number of benzene rings is 2. The van der Waals surface area contributed by atoms with Gasteiger partial charge in [-0.25, -0.2) is 4.98 Å². The van der Waals surface area contributed by atoms with E-state index in [1.54, 1.807) is 11.3 Å². The molecule has 2 aromatic carbocycles. The molecule has 3 rings (SSSR count). The highest BCUT2D eigenvalue weighted by molar-refractivity contribution is 7.18. The van der Waals surface area contributed by atoms with Gasteiger partial charge in [-0.05, 0) is 11.5 Å². The average Bonchev–Trinajstić information content (AvgIpc) is 2.88. The van der Waals surface area contributed by atoms with Crippen LogP contribution in [0.5, 0.6) is 0 Å². The second-order valence-corrected chi connectivity index (χ2v) is 5.43. The van der Waals surface area contributed by atoms with Gasteiger partial charge in [-0.2, -0.15) is 0 Å². The summed E-state index contributed by atoms with van der Waals surface area (Å²) < 4.78 is 5.82. The standard InChI is InChI=1S/C15H13NO2S/c1-18-14(17)9-8-13-16-15-11-5-3-2-4-10(11)6-7-12(15)19-13/h2-7H,8-9H2,1H3. The van der Waals surface area contributed by atoms with Crippen molar-refractivity contribution in [1.82, 2.24) is 4.98 Å². The second-order valence-electron chi connectivity index (χ2n) is 4.32. The van der Waals surface area contributed by atoms with Crippen LogP contribution in [0.25, 0.3) is 21.0 Å². The Hall–Kier alpha value is -1.94. The van der Waals surface area contributed by atoms with Gasteiger partial charge in [0.05, 0.1) is 28.8 Å². The molecule has 0 aliphatic rings. The van der Waals surface area contributed by atoms with Gasteiger partial charge >= 0.3 is 5.97 Å². The lowest BCUT2D eigenvalue weighted by atomic mass is 10.1. The number of thiazole rings is 1. The molecule has 0 saturated carbocycles. The zero-order valence-corrected chi connectivity index (χ0v) is 11.4. The van der Waals surface area contributed by atoms with E-state index in [0.717, 1.165) is 10.5 Å². The fourth-order valence-corrected chi connectivity index (χ4v) is 3.11. The Kier molecular flexibility index (Phi) is 3.17. The molecule has 0 bridgehead atoms. The topological polar surface area (TPSA) is 39.2 Å². The Morgan fingerprint density at radius 1 is 1.26 bits per heavy atom. The lowest BCUT2D eigenvalue weighted by Gasteiger charge is -1.96. The number of methoxy groups -OCH3 is 1. The lowest BCUT2D eigenvalue weighted by Crippen LogP contribution is -2.01. The summed E-state index contributed by atoms with van der Waals surface area (Å²) in [5, 5.41) is 3.34. The molecule has 0 amide bonds. The molecule has 0 radical (unpaired) electrons. The van der Waals surface area contributed by atoms with Crippen LogP contribution in [0.3, 0.4) is 0 Å². The van der Waals surface area contributed by atoms with Crippen molar-refractivity contribution in [3.63, 3.8) is 0 Å². The average molecular weight is 271 g/mol. The molecule has 1 aromatic heterocycles. The van der Waals surface area contributed by atoms with Crippen molar-refractivity contribution in [2.24, 2.45) is 0 Å². The first-order valence-corrected chi connectivity index (χ1v) is 6.93. The maximum atomic E-state index is 11.2. The molecule has 3 nitrogen and oxygen atoms in total. The maximum absolute atomic E-state index is 11.2. The minimum atomic E-state index is -0.191. The predicted octanol–water partition coefficient (Wildman–Crippen LogP) is 3.56. The monoisotopic (exact) mass is 271 g/mol. The summed E-state index contributed by atoms with van der Waals surface area (Å²) >= 11 is 1.65. The number of carbonyl (C=O) groups excluding carboxylic acids is 1. The molecule has 4 heteroatoms. The van der Waals surface area contributed by atoms with Crippen LogP contribution < -0.4 is 0 Å². The third-order valence-electron chi connectivity index (χ3n) is 3.10. The van der Waals surface area contributed by atoms with Gasteiger partial charge in [-0.3, -0.25) is 4.79 Å². The van der Waals surface area contributed by atoms with Crippen molar-refractivity contribution in [3.05, 3.63) is 41.4 Å². The van der Waals surface area contributed by atoms with E-state index in [-0.39, 0.29) is 5.97 Å². The fraction of sp³-hybridized carbons (Fsp3) is 0.200. The zero-order valence-electron chi connectivity index (χ0n) is 10.6. The highest BCUT2D eigenvalue weighted by Gasteiger charge is 2.09. The summed E-state index contributed by atoms with van der Waals surface area (Å²) in [4.78, 5) is 15.8. The molecule has 0 spiro atoms. The van der Waals surface area contributed by atoms with Gasteiger partial charge in [0, 0.05) is 11.8 Å². The number of carbonyl (C=O) groups is 1. The Bertz CT molecular complexity index is 748. The number of rotatable bonds is 3. The Morgan fingerprint density at radius 3 is 2.95 bits per heavy atom. The number of aromatic nitrogens is 1. The number of esters is 1. The molecule has 96 valence electrons. The molecular formula is C15H13NO2S. The molecule has 1 heterocycles. The van der Waals surface area contributed by atoms with E-state index in [1.165, 1.54) is 22.6 Å². The number of aryl methyl sites for hydroxylation is 1. The molecule has 0 N–H and O–H groups in total. The molecule has 0 fully saturated rings. The minimum Gasteiger partial charge on any atom is -0.469 e. The van der Waals surface area contributed by atoms with Crippen LogP contribution in [0.2, 0.25) is 0 Å². The quantitative estimate of drug-likeness (QED) is 0.684. The SMILES string of the molecule is COC(=O)CCc1nc2c(ccc3ccccc32)s1. The smallest absolute Gasteiger partial charge is 0.305 e. The van der Waals surface area contributed by atoms with E-state index in [0.29, 0.717) is 12.8 Å². The first-order chi connectivity index (χ1) is 9.28. The number of hydrogen-bond donors (Lipinski definition) is 0. The van der Waals surface area contributed by atoms with E-state index < -0.39 is 0 Å². The highest BCUT2D eigenvalue weighted by Crippen LogP contribution is 2.29. The molecular weight excluding hydrogens is 258 g/mol. The van der Waals surface area contributed by atoms with Crippen LogP contribution in [-0.4, -0.2) is 18.1 Å². The molecule has 0 saturated heterocycles. The first kappa shape index (κ1) is 12.1. The van der Waals surface area contributed by atoms with Crippen molar-refractivity contribution < 1.29 is 9.53 Å². The first-order valence-electron chi connectivity index (χ1n) is 6.12. The Morgan fingerprint density at radius 2 is 2.11 bits per heavy atom. The van der Waals surface area contributed by atoms with Crippen molar-refractivity contribution in [2.75, 3.05) is 7.11 Å². The lowest BCUT2D eigenvalue weighted by molar-refractivity contribution is -0.140. The predicted molar refractivity (Wildman–Crippen MR) is 77.5 cm³/mol. The number of hydrogen-bond acceptors (Lipinski definition) is 4. The molecule has 0 atom stereocenters. The van der Waals surface area contributed by atoms with Crippen LogP contribution in [0, 0.1) is 0 Å². The number of ether oxygens (including phenoxy) is 1. The van der Waals surface area contributed by atoms with E-state index >= 15 is 0 Å². The Balaban J connectivity index is 2.00. The van der Waals surface area contributed by atoms with E-state index in [4.69, 9.17) is 0 Å². The number of fused-ring (bicyclic) bond motifs is 3. The van der Waals surface area contributed by atoms with E-state index in [1.807, 2.05) is 12.1 Å². The van der Waals surface area contributed by atoms with Gasteiger partial charge in [0.15, 0.2) is 0 Å². The zero-order chi connectivity index (χ0) is 13.2. The van der Waals surface area contributed by atoms with Crippen LogP contribution in [0.1, 0.15) is 11.4 Å². The fourth-order valence-electron chi connectivity index (χ4n) is 2.13. The summed E-state index contributed by atoms with van der Waals surface area (Å²) in [6, 6.07) is 12.4. The van der Waals surface area contributed by atoms with Gasteiger partial charge in [0.1, 0.15) is 0 Å². The van der Waals surface area contributed by atoms with Crippen LogP contribution in [-0.2, 0) is 16.0 Å². The largest absolute Gasteiger partial charge is 0.469 e. The van der Waals surface area contributed by atoms with Crippen molar-refractivity contribution in [3.8, 4) is 0 Å². The van der Waals surface area contributed by atoms with E-state index in [9.17, 15) is 4.79 Å². The van der Waals surface area contributed by atoms with Crippen molar-refractivity contribution >= 4 is 38.3 Å². The van der Waals surface area contributed by atoms with Gasteiger partial charge < -0.3 is 4.74 Å². The maximum Gasteiger partial charge on any atom is 0.305 e. The third-order valence-corrected chi connectivity index (χ3v) is 4.18. The summed E-state index contributed by atoms with van der Waals surface area (Å²) in [6.45, 7) is 0. The van der Waals surface area contributed by atoms with Crippen LogP contribution in [0.15, 0.2) is 36.4 Å². The highest BCUT2D eigenvalue weighted by atomic mass is 32.1. The summed E-state index contributed by atoms with van der Waals surface area (Å²) in [5.74, 6) is -0.191. The molecule has 0 aliphatic heterocycles. The van der Waals surface area contributed by atoms with Gasteiger partial charge in [-0.15, -0.1) is 11.3 Å². The molecule has 0 aliphatic carbocycles. The summed E-state index contributed by atoms with van der Waals surface area (Å²) in [5.41, 5.74) is 1.03. The second kappa shape index (κ2) is 4.97. The van der Waals surface area contributed by atoms with Crippen LogP contribution in [0.4, 0.5) is 0 Å². The number of nitrogens with zero attached hydrogens (tertiary/aromatic N) is 1. The van der Waals surface area contributed by atoms with Gasteiger partial charge in [0.2, 0.25) is 0 Å². The van der Waals surface area contributed by atoms with Gasteiger partial charge in [0.25, 0.3) is 0 Å².